The van der Waals surface area contributed by atoms with E-state index >= 15 is 0 Å². The molecule has 0 fully saturated rings. The maximum absolute atomic E-state index is 12.8. The van der Waals surface area contributed by atoms with Gasteiger partial charge in [0.25, 0.3) is 0 Å². The zero-order valence-corrected chi connectivity index (χ0v) is 10.4. The summed E-state index contributed by atoms with van der Waals surface area (Å²) in [5, 5.41) is 8.77. The summed E-state index contributed by atoms with van der Waals surface area (Å²) >= 11 is 0. The molecule has 6 heteroatoms. The first kappa shape index (κ1) is 13.5. The van der Waals surface area contributed by atoms with Crippen LogP contribution in [0.25, 0.3) is 0 Å². The van der Waals surface area contributed by atoms with E-state index in [1.165, 1.54) is 6.07 Å². The van der Waals surface area contributed by atoms with Gasteiger partial charge >= 0.3 is 0 Å². The molecule has 0 bridgehead atoms. The third kappa shape index (κ3) is 4.04. The Hall–Kier alpha value is -1.61. The van der Waals surface area contributed by atoms with Crippen molar-refractivity contribution in [3.63, 3.8) is 0 Å². The number of nitrogens with one attached hydrogen (secondary N) is 1. The fraction of sp³-hybridized carbons (Fsp3) is 0.364. The summed E-state index contributed by atoms with van der Waals surface area (Å²) in [6.45, 7) is 3.55. The third-order valence-electron chi connectivity index (χ3n) is 1.92. The Labute approximate surface area is 100 Å². The fourth-order valence-electron chi connectivity index (χ4n) is 1.35. The minimum atomic E-state index is -3.50. The maximum atomic E-state index is 12.8. The molecule has 0 saturated carbocycles. The van der Waals surface area contributed by atoms with Crippen molar-refractivity contribution < 1.29 is 12.8 Å². The summed E-state index contributed by atoms with van der Waals surface area (Å²) in [6, 6.07) is 5.09. The molecule has 1 aromatic carbocycles. The molecule has 0 aromatic heterocycles. The minimum Gasteiger partial charge on any atom is -0.282 e. The van der Waals surface area contributed by atoms with Gasteiger partial charge < -0.3 is 0 Å². The SMILES string of the molecule is CC(C)CS(=O)(=O)Nc1ccc(F)cc1C#N. The molecule has 0 aliphatic heterocycles. The molecule has 0 aliphatic rings. The number of rotatable bonds is 4. The average Bonchev–Trinajstić information content (AvgIpc) is 2.18. The maximum Gasteiger partial charge on any atom is 0.233 e. The summed E-state index contributed by atoms with van der Waals surface area (Å²) in [5.74, 6) is -0.651. The lowest BCUT2D eigenvalue weighted by molar-refractivity contribution is 0.587. The first-order valence-corrected chi connectivity index (χ1v) is 6.69. The van der Waals surface area contributed by atoms with Crippen molar-refractivity contribution in [2.45, 2.75) is 13.8 Å². The number of hydrogen-bond acceptors (Lipinski definition) is 3. The zero-order chi connectivity index (χ0) is 13.1. The normalized spacial score (nSPS) is 11.2. The van der Waals surface area contributed by atoms with Crippen molar-refractivity contribution in [1.82, 2.24) is 0 Å². The molecule has 1 aromatic rings. The second-order valence-electron chi connectivity index (χ2n) is 4.08. The highest BCUT2D eigenvalue weighted by molar-refractivity contribution is 7.92. The summed E-state index contributed by atoms with van der Waals surface area (Å²) in [7, 11) is -3.50. The van der Waals surface area contributed by atoms with Gasteiger partial charge in [-0.05, 0) is 24.1 Å². The predicted molar refractivity (Wildman–Crippen MR) is 63.4 cm³/mol. The molecule has 0 spiro atoms. The highest BCUT2D eigenvalue weighted by Gasteiger charge is 2.15. The molecule has 17 heavy (non-hydrogen) atoms. The Balaban J connectivity index is 3.01. The van der Waals surface area contributed by atoms with Crippen LogP contribution < -0.4 is 4.72 Å². The van der Waals surface area contributed by atoms with Gasteiger partial charge in [0.2, 0.25) is 10.0 Å². The van der Waals surface area contributed by atoms with Crippen LogP contribution in [0, 0.1) is 23.1 Å². The second kappa shape index (κ2) is 5.15. The predicted octanol–water partition coefficient (Wildman–Crippen LogP) is 2.10. The van der Waals surface area contributed by atoms with Crippen molar-refractivity contribution in [2.75, 3.05) is 10.5 Å². The van der Waals surface area contributed by atoms with Crippen LogP contribution in [0.4, 0.5) is 10.1 Å². The van der Waals surface area contributed by atoms with Gasteiger partial charge in [0.1, 0.15) is 11.9 Å². The van der Waals surface area contributed by atoms with Gasteiger partial charge in [0, 0.05) is 0 Å². The van der Waals surface area contributed by atoms with E-state index in [4.69, 9.17) is 5.26 Å². The molecule has 0 saturated heterocycles. The monoisotopic (exact) mass is 256 g/mol. The second-order valence-corrected chi connectivity index (χ2v) is 5.85. The Morgan fingerprint density at radius 2 is 2.12 bits per heavy atom. The van der Waals surface area contributed by atoms with E-state index in [1.807, 2.05) is 0 Å². The number of benzene rings is 1. The third-order valence-corrected chi connectivity index (χ3v) is 3.56. The Kier molecular flexibility index (Phi) is 4.07. The van der Waals surface area contributed by atoms with Crippen LogP contribution in [0.15, 0.2) is 18.2 Å². The van der Waals surface area contributed by atoms with Crippen molar-refractivity contribution in [2.24, 2.45) is 5.92 Å². The summed E-state index contributed by atoms with van der Waals surface area (Å²) in [4.78, 5) is 0. The van der Waals surface area contributed by atoms with Crippen molar-refractivity contribution in [3.05, 3.63) is 29.6 Å². The largest absolute Gasteiger partial charge is 0.282 e. The van der Waals surface area contributed by atoms with Crippen LogP contribution in [-0.4, -0.2) is 14.2 Å². The molecule has 0 amide bonds. The van der Waals surface area contributed by atoms with E-state index in [9.17, 15) is 12.8 Å². The number of nitrogens with zero attached hydrogens (tertiary/aromatic N) is 1. The lowest BCUT2D eigenvalue weighted by Gasteiger charge is -2.10. The highest BCUT2D eigenvalue weighted by Crippen LogP contribution is 2.18. The molecule has 0 atom stereocenters. The smallest absolute Gasteiger partial charge is 0.233 e. The topological polar surface area (TPSA) is 70.0 Å². The Bertz CT molecular complexity index is 547. The lowest BCUT2D eigenvalue weighted by Crippen LogP contribution is -2.20. The molecule has 0 aliphatic carbocycles. The first-order valence-electron chi connectivity index (χ1n) is 5.04. The van der Waals surface area contributed by atoms with Crippen LogP contribution in [0.2, 0.25) is 0 Å². The average molecular weight is 256 g/mol. The highest BCUT2D eigenvalue weighted by atomic mass is 32.2. The molecule has 1 rings (SSSR count). The lowest BCUT2D eigenvalue weighted by atomic mass is 10.2. The van der Waals surface area contributed by atoms with E-state index in [2.05, 4.69) is 4.72 Å². The molecule has 4 nitrogen and oxygen atoms in total. The van der Waals surface area contributed by atoms with E-state index in [0.717, 1.165) is 12.1 Å². The molecule has 0 radical (unpaired) electrons. The van der Waals surface area contributed by atoms with Crippen molar-refractivity contribution >= 4 is 15.7 Å². The van der Waals surface area contributed by atoms with Crippen LogP contribution in [0.3, 0.4) is 0 Å². The van der Waals surface area contributed by atoms with Gasteiger partial charge in [-0.3, -0.25) is 4.72 Å². The first-order chi connectivity index (χ1) is 7.84. The van der Waals surface area contributed by atoms with Gasteiger partial charge in [-0.25, -0.2) is 12.8 Å². The van der Waals surface area contributed by atoms with Crippen LogP contribution in [0.5, 0.6) is 0 Å². The van der Waals surface area contributed by atoms with Crippen LogP contribution in [0.1, 0.15) is 19.4 Å². The molecule has 0 unspecified atom stereocenters. The molecule has 92 valence electrons. The minimum absolute atomic E-state index is 0.0292. The Morgan fingerprint density at radius 1 is 1.47 bits per heavy atom. The molecular weight excluding hydrogens is 243 g/mol. The van der Waals surface area contributed by atoms with Crippen LogP contribution >= 0.6 is 0 Å². The standard InChI is InChI=1S/C11H13FN2O2S/c1-8(2)7-17(15,16)14-11-4-3-10(12)5-9(11)6-13/h3-5,8,14H,7H2,1-2H3. The number of sulfonamides is 1. The fourth-order valence-corrected chi connectivity index (χ4v) is 2.82. The number of nitriles is 1. The Morgan fingerprint density at radius 3 is 2.65 bits per heavy atom. The van der Waals surface area contributed by atoms with Crippen LogP contribution in [-0.2, 0) is 10.0 Å². The van der Waals surface area contributed by atoms with E-state index in [1.54, 1.807) is 19.9 Å². The van der Waals surface area contributed by atoms with Crippen molar-refractivity contribution in [3.8, 4) is 6.07 Å². The van der Waals surface area contributed by atoms with Gasteiger partial charge in [-0.2, -0.15) is 5.26 Å². The van der Waals surface area contributed by atoms with E-state index < -0.39 is 15.8 Å². The van der Waals surface area contributed by atoms with Gasteiger partial charge in [-0.15, -0.1) is 0 Å². The van der Waals surface area contributed by atoms with E-state index in [0.29, 0.717) is 0 Å². The molecule has 1 N–H and O–H groups in total. The molecular formula is C11H13FN2O2S. The quantitative estimate of drug-likeness (QED) is 0.896. The summed E-state index contributed by atoms with van der Waals surface area (Å²) in [5.41, 5.74) is 0.0758. The number of halogens is 1. The van der Waals surface area contributed by atoms with Gasteiger partial charge in [0.15, 0.2) is 0 Å². The summed E-state index contributed by atoms with van der Waals surface area (Å²) < 4.78 is 38.4. The van der Waals surface area contributed by atoms with Gasteiger partial charge in [-0.1, -0.05) is 13.8 Å². The molecule has 0 heterocycles. The zero-order valence-electron chi connectivity index (χ0n) is 9.57. The van der Waals surface area contributed by atoms with E-state index in [-0.39, 0.29) is 22.9 Å². The number of hydrogen-bond donors (Lipinski definition) is 1. The number of anilines is 1. The summed E-state index contributed by atoms with van der Waals surface area (Å²) in [6.07, 6.45) is 0. The van der Waals surface area contributed by atoms with Gasteiger partial charge in [0.05, 0.1) is 17.0 Å². The van der Waals surface area contributed by atoms with Crippen molar-refractivity contribution in [1.29, 1.82) is 5.26 Å².